The molecule has 70 valence electrons. The Labute approximate surface area is 95.9 Å². The third-order valence-corrected chi connectivity index (χ3v) is 2.51. The fraction of sp³-hybridized carbons (Fsp3) is 0.222. The van der Waals surface area contributed by atoms with Gasteiger partial charge in [0.25, 0.3) is 0 Å². The van der Waals surface area contributed by atoms with Gasteiger partial charge in [-0.25, -0.2) is 4.98 Å². The van der Waals surface area contributed by atoms with Crippen molar-refractivity contribution in [2.45, 2.75) is 6.42 Å². The molecule has 0 saturated carbocycles. The molecule has 13 heavy (non-hydrogen) atoms. The van der Waals surface area contributed by atoms with E-state index in [1.807, 2.05) is 12.2 Å². The van der Waals surface area contributed by atoms with Crippen LogP contribution in [0.3, 0.4) is 0 Å². The van der Waals surface area contributed by atoms with Gasteiger partial charge >= 0.3 is 0 Å². The number of rotatable bonds is 3. The quantitative estimate of drug-likeness (QED) is 0.599. The van der Waals surface area contributed by atoms with Gasteiger partial charge in [-0.3, -0.25) is 0 Å². The van der Waals surface area contributed by atoms with Gasteiger partial charge in [0.1, 0.15) is 5.15 Å². The molecule has 1 rings (SSSR count). The van der Waals surface area contributed by atoms with E-state index in [0.717, 1.165) is 16.5 Å². The second kappa shape index (κ2) is 5.63. The summed E-state index contributed by atoms with van der Waals surface area (Å²) in [7, 11) is 0. The molecule has 1 heterocycles. The molecule has 0 N–H and O–H groups in total. The molecule has 0 saturated heterocycles. The number of hydrogen-bond donors (Lipinski definition) is 0. The van der Waals surface area contributed by atoms with Crippen LogP contribution in [0.2, 0.25) is 5.15 Å². The fourth-order valence-electron chi connectivity index (χ4n) is 0.828. The van der Waals surface area contributed by atoms with Crippen molar-refractivity contribution in [1.82, 2.24) is 4.98 Å². The van der Waals surface area contributed by atoms with Crippen molar-refractivity contribution in [3.05, 3.63) is 33.5 Å². The van der Waals surface area contributed by atoms with Crippen LogP contribution in [0.4, 0.5) is 0 Å². The minimum atomic E-state index is 0.494. The second-order valence-electron chi connectivity index (χ2n) is 2.41. The monoisotopic (exact) mass is 279 g/mol. The normalized spacial score (nSPS) is 11.0. The topological polar surface area (TPSA) is 12.9 Å². The van der Waals surface area contributed by atoms with Gasteiger partial charge in [-0.05, 0) is 34.0 Å². The van der Waals surface area contributed by atoms with Gasteiger partial charge in [-0.1, -0.05) is 23.8 Å². The first-order chi connectivity index (χ1) is 6.24. The summed E-state index contributed by atoms with van der Waals surface area (Å²) in [6.07, 6.45) is 6.51. The van der Waals surface area contributed by atoms with Crippen LogP contribution in [-0.2, 0) is 0 Å². The van der Waals surface area contributed by atoms with Crippen LogP contribution in [0.5, 0.6) is 0 Å². The second-order valence-corrected chi connectivity index (χ2v) is 4.03. The van der Waals surface area contributed by atoms with Crippen molar-refractivity contribution >= 4 is 45.2 Å². The molecule has 1 nitrogen and oxygen atoms in total. The standard InChI is InChI=1S/C9H8BrCl2N/c10-8-6-13-9(12)5-7(8)3-1-2-4-11/h1,3,5-6H,2,4H2. The lowest BCUT2D eigenvalue weighted by Crippen LogP contribution is -1.80. The molecule has 0 aromatic carbocycles. The first kappa shape index (κ1) is 11.0. The van der Waals surface area contributed by atoms with Crippen molar-refractivity contribution in [3.8, 4) is 0 Å². The van der Waals surface area contributed by atoms with Crippen molar-refractivity contribution in [1.29, 1.82) is 0 Å². The Bertz CT molecular complexity index is 312. The molecule has 1 aromatic heterocycles. The van der Waals surface area contributed by atoms with E-state index >= 15 is 0 Å². The predicted molar refractivity (Wildman–Crippen MR) is 61.3 cm³/mol. The van der Waals surface area contributed by atoms with Gasteiger partial charge in [0.15, 0.2) is 0 Å². The summed E-state index contributed by atoms with van der Waals surface area (Å²) in [5.41, 5.74) is 1.02. The molecule has 4 heteroatoms. The Morgan fingerprint density at radius 1 is 1.54 bits per heavy atom. The fourth-order valence-corrected chi connectivity index (χ4v) is 1.47. The molecule has 0 radical (unpaired) electrons. The van der Waals surface area contributed by atoms with Crippen LogP contribution in [-0.4, -0.2) is 10.9 Å². The van der Waals surface area contributed by atoms with Gasteiger partial charge in [0.05, 0.1) is 0 Å². The lowest BCUT2D eigenvalue weighted by atomic mass is 10.2. The molecule has 0 fully saturated rings. The Kier molecular flexibility index (Phi) is 4.78. The first-order valence-corrected chi connectivity index (χ1v) is 5.48. The number of hydrogen-bond acceptors (Lipinski definition) is 1. The zero-order valence-electron chi connectivity index (χ0n) is 6.80. The van der Waals surface area contributed by atoms with Crippen molar-refractivity contribution < 1.29 is 0 Å². The maximum atomic E-state index is 5.74. The van der Waals surface area contributed by atoms with E-state index in [4.69, 9.17) is 23.2 Å². The number of nitrogens with zero attached hydrogens (tertiary/aromatic N) is 1. The smallest absolute Gasteiger partial charge is 0.129 e. The van der Waals surface area contributed by atoms with Gasteiger partial charge < -0.3 is 0 Å². The Morgan fingerprint density at radius 3 is 3.00 bits per heavy atom. The summed E-state index contributed by atoms with van der Waals surface area (Å²) in [6.45, 7) is 0. The first-order valence-electron chi connectivity index (χ1n) is 3.77. The van der Waals surface area contributed by atoms with Crippen LogP contribution >= 0.6 is 39.1 Å². The summed E-state index contributed by atoms with van der Waals surface area (Å²) in [6, 6.07) is 1.80. The summed E-state index contributed by atoms with van der Waals surface area (Å²) in [4.78, 5) is 3.93. The summed E-state index contributed by atoms with van der Waals surface area (Å²) in [5, 5.41) is 0.494. The van der Waals surface area contributed by atoms with E-state index in [1.54, 1.807) is 12.3 Å². The molecular weight excluding hydrogens is 273 g/mol. The Morgan fingerprint density at radius 2 is 2.31 bits per heavy atom. The third kappa shape index (κ3) is 3.67. The lowest BCUT2D eigenvalue weighted by Gasteiger charge is -1.97. The van der Waals surface area contributed by atoms with E-state index in [2.05, 4.69) is 20.9 Å². The highest BCUT2D eigenvalue weighted by atomic mass is 79.9. The van der Waals surface area contributed by atoms with Crippen molar-refractivity contribution in [2.24, 2.45) is 0 Å². The van der Waals surface area contributed by atoms with Crippen LogP contribution in [0.25, 0.3) is 6.08 Å². The van der Waals surface area contributed by atoms with E-state index in [0.29, 0.717) is 11.0 Å². The van der Waals surface area contributed by atoms with Crippen LogP contribution < -0.4 is 0 Å². The molecule has 0 spiro atoms. The molecule has 1 aromatic rings. The van der Waals surface area contributed by atoms with Gasteiger partial charge in [-0.2, -0.15) is 0 Å². The highest BCUT2D eigenvalue weighted by Gasteiger charge is 1.97. The molecule has 0 aliphatic heterocycles. The van der Waals surface area contributed by atoms with Crippen molar-refractivity contribution in [2.75, 3.05) is 5.88 Å². The zero-order valence-corrected chi connectivity index (χ0v) is 9.90. The molecule has 0 bridgehead atoms. The maximum absolute atomic E-state index is 5.74. The van der Waals surface area contributed by atoms with Gasteiger partial charge in [-0.15, -0.1) is 11.6 Å². The summed E-state index contributed by atoms with van der Waals surface area (Å²) < 4.78 is 0.933. The highest BCUT2D eigenvalue weighted by Crippen LogP contribution is 2.20. The number of alkyl halides is 1. The maximum Gasteiger partial charge on any atom is 0.129 e. The Balaban J connectivity index is 2.81. The highest BCUT2D eigenvalue weighted by molar-refractivity contribution is 9.10. The Hall–Kier alpha value is -0.0500. The van der Waals surface area contributed by atoms with Crippen LogP contribution in [0.15, 0.2) is 22.8 Å². The number of aromatic nitrogens is 1. The third-order valence-electron chi connectivity index (χ3n) is 1.42. The SMILES string of the molecule is ClCCC=Cc1cc(Cl)ncc1Br. The predicted octanol–water partition coefficient (Wildman–Crippen LogP) is 4.14. The van der Waals surface area contributed by atoms with Gasteiger partial charge in [0, 0.05) is 16.5 Å². The van der Waals surface area contributed by atoms with Crippen LogP contribution in [0.1, 0.15) is 12.0 Å². The van der Waals surface area contributed by atoms with Crippen molar-refractivity contribution in [3.63, 3.8) is 0 Å². The molecular formula is C9H8BrCl2N. The number of pyridine rings is 1. The minimum Gasteiger partial charge on any atom is -0.243 e. The molecule has 0 amide bonds. The average Bonchev–Trinajstić information content (AvgIpc) is 2.11. The van der Waals surface area contributed by atoms with Crippen LogP contribution in [0, 0.1) is 0 Å². The average molecular weight is 281 g/mol. The largest absolute Gasteiger partial charge is 0.243 e. The number of allylic oxidation sites excluding steroid dienone is 1. The zero-order chi connectivity index (χ0) is 9.68. The molecule has 0 atom stereocenters. The minimum absolute atomic E-state index is 0.494. The lowest BCUT2D eigenvalue weighted by molar-refractivity contribution is 1.24. The molecule has 0 aliphatic rings. The summed E-state index contributed by atoms with van der Waals surface area (Å²) >= 11 is 14.7. The van der Waals surface area contributed by atoms with E-state index in [1.165, 1.54) is 0 Å². The van der Waals surface area contributed by atoms with E-state index < -0.39 is 0 Å². The number of halogens is 3. The molecule has 0 unspecified atom stereocenters. The molecule has 0 aliphatic carbocycles. The van der Waals surface area contributed by atoms with E-state index in [-0.39, 0.29) is 0 Å². The van der Waals surface area contributed by atoms with Gasteiger partial charge in [0.2, 0.25) is 0 Å². The van der Waals surface area contributed by atoms with E-state index in [9.17, 15) is 0 Å². The summed E-state index contributed by atoms with van der Waals surface area (Å²) in [5.74, 6) is 0.632.